The molecule has 1 atom stereocenters. The van der Waals surface area contributed by atoms with Gasteiger partial charge >= 0.3 is 0 Å². The average molecular weight is 449 g/mol. The molecular weight excluding hydrogens is 420 g/mol. The molecule has 3 aromatic rings. The van der Waals surface area contributed by atoms with Crippen molar-refractivity contribution < 1.29 is 9.59 Å². The summed E-state index contributed by atoms with van der Waals surface area (Å²) in [7, 11) is 0. The van der Waals surface area contributed by atoms with Crippen LogP contribution in [0.25, 0.3) is 10.6 Å². The summed E-state index contributed by atoms with van der Waals surface area (Å²) in [5.41, 5.74) is 2.84. The molecule has 7 heteroatoms. The fourth-order valence-electron chi connectivity index (χ4n) is 4.00. The molecule has 166 valence electrons. The van der Waals surface area contributed by atoms with Gasteiger partial charge in [0.1, 0.15) is 11.0 Å². The molecule has 0 spiro atoms. The number of anilines is 1. The van der Waals surface area contributed by atoms with Gasteiger partial charge in [0.25, 0.3) is 5.91 Å². The highest BCUT2D eigenvalue weighted by Gasteiger charge is 2.35. The SMILES string of the molecule is CCCCCc1ccc(C(=O)N2CCC[C@H]2C(=O)Nc2nnc(-c3ccccc3)s2)cc1. The van der Waals surface area contributed by atoms with Crippen LogP contribution in [0.2, 0.25) is 0 Å². The van der Waals surface area contributed by atoms with Crippen molar-refractivity contribution in [3.63, 3.8) is 0 Å². The molecule has 0 aliphatic carbocycles. The van der Waals surface area contributed by atoms with Crippen LogP contribution in [0.15, 0.2) is 54.6 Å². The van der Waals surface area contributed by atoms with Crippen molar-refractivity contribution in [1.82, 2.24) is 15.1 Å². The summed E-state index contributed by atoms with van der Waals surface area (Å²) in [6.07, 6.45) is 6.06. The highest BCUT2D eigenvalue weighted by atomic mass is 32.1. The van der Waals surface area contributed by atoms with E-state index in [-0.39, 0.29) is 11.8 Å². The molecule has 1 N–H and O–H groups in total. The Labute approximate surface area is 192 Å². The van der Waals surface area contributed by atoms with Crippen molar-refractivity contribution in [2.24, 2.45) is 0 Å². The normalized spacial score (nSPS) is 15.7. The third-order valence-corrected chi connectivity index (χ3v) is 6.65. The summed E-state index contributed by atoms with van der Waals surface area (Å²) in [6, 6.07) is 17.1. The molecule has 1 aromatic heterocycles. The van der Waals surface area contributed by atoms with Gasteiger partial charge in [-0.1, -0.05) is 73.6 Å². The first-order chi connectivity index (χ1) is 15.7. The van der Waals surface area contributed by atoms with E-state index in [9.17, 15) is 9.59 Å². The van der Waals surface area contributed by atoms with E-state index in [4.69, 9.17) is 0 Å². The molecule has 32 heavy (non-hydrogen) atoms. The quantitative estimate of drug-likeness (QED) is 0.482. The van der Waals surface area contributed by atoms with Crippen molar-refractivity contribution in [2.75, 3.05) is 11.9 Å². The number of hydrogen-bond acceptors (Lipinski definition) is 5. The minimum atomic E-state index is -0.490. The van der Waals surface area contributed by atoms with E-state index < -0.39 is 6.04 Å². The second-order valence-corrected chi connectivity index (χ2v) is 9.06. The Morgan fingerprint density at radius 2 is 1.84 bits per heavy atom. The van der Waals surface area contributed by atoms with E-state index in [1.807, 2.05) is 54.6 Å². The van der Waals surface area contributed by atoms with E-state index in [2.05, 4.69) is 22.4 Å². The van der Waals surface area contributed by atoms with Crippen LogP contribution >= 0.6 is 11.3 Å². The van der Waals surface area contributed by atoms with Crippen molar-refractivity contribution in [3.8, 4) is 10.6 Å². The Bertz CT molecular complexity index is 1050. The summed E-state index contributed by atoms with van der Waals surface area (Å²) >= 11 is 1.33. The summed E-state index contributed by atoms with van der Waals surface area (Å²) in [5, 5.41) is 12.3. The molecule has 0 bridgehead atoms. The topological polar surface area (TPSA) is 75.2 Å². The van der Waals surface area contributed by atoms with Crippen LogP contribution in [-0.4, -0.2) is 39.5 Å². The molecule has 1 fully saturated rings. The molecule has 6 nitrogen and oxygen atoms in total. The number of hydrogen-bond donors (Lipinski definition) is 1. The minimum Gasteiger partial charge on any atom is -0.327 e. The van der Waals surface area contributed by atoms with Crippen LogP contribution < -0.4 is 5.32 Å². The van der Waals surface area contributed by atoms with Gasteiger partial charge in [-0.05, 0) is 43.4 Å². The van der Waals surface area contributed by atoms with E-state index in [1.165, 1.54) is 29.7 Å². The summed E-state index contributed by atoms with van der Waals surface area (Å²) < 4.78 is 0. The monoisotopic (exact) mass is 448 g/mol. The molecule has 1 aliphatic heterocycles. The van der Waals surface area contributed by atoms with Crippen molar-refractivity contribution >= 4 is 28.3 Å². The van der Waals surface area contributed by atoms with Crippen LogP contribution in [0.1, 0.15) is 54.9 Å². The zero-order valence-electron chi connectivity index (χ0n) is 18.3. The number of carbonyl (C=O) groups excluding carboxylic acids is 2. The van der Waals surface area contributed by atoms with E-state index in [0.717, 1.165) is 29.8 Å². The Balaban J connectivity index is 1.39. The average Bonchev–Trinajstić information content (AvgIpc) is 3.50. The first kappa shape index (κ1) is 22.1. The highest BCUT2D eigenvalue weighted by Crippen LogP contribution is 2.27. The maximum absolute atomic E-state index is 13.1. The van der Waals surface area contributed by atoms with Crippen LogP contribution in [0.4, 0.5) is 5.13 Å². The fraction of sp³-hybridized carbons (Fsp3) is 0.360. The van der Waals surface area contributed by atoms with Gasteiger partial charge in [0.05, 0.1) is 0 Å². The standard InChI is InChI=1S/C25H28N4O2S/c1-2-3-5-9-18-13-15-20(16-14-18)24(31)29-17-8-12-21(29)22(30)26-25-28-27-23(32-25)19-10-6-4-7-11-19/h4,6-7,10-11,13-16,21H,2-3,5,8-9,12,17H2,1H3,(H,26,28,30)/t21-/m0/s1. The highest BCUT2D eigenvalue weighted by molar-refractivity contribution is 7.18. The van der Waals surface area contributed by atoms with Gasteiger partial charge in [-0.25, -0.2) is 0 Å². The molecule has 0 unspecified atom stereocenters. The molecule has 0 saturated carbocycles. The van der Waals surface area contributed by atoms with Gasteiger partial charge in [0.15, 0.2) is 0 Å². The van der Waals surface area contributed by atoms with E-state index in [0.29, 0.717) is 23.7 Å². The largest absolute Gasteiger partial charge is 0.327 e. The Morgan fingerprint density at radius 3 is 2.59 bits per heavy atom. The van der Waals surface area contributed by atoms with E-state index in [1.54, 1.807) is 4.90 Å². The van der Waals surface area contributed by atoms with Gasteiger partial charge < -0.3 is 4.90 Å². The van der Waals surface area contributed by atoms with Crippen molar-refractivity contribution in [1.29, 1.82) is 0 Å². The van der Waals surface area contributed by atoms with Crippen molar-refractivity contribution in [3.05, 3.63) is 65.7 Å². The Kier molecular flexibility index (Phi) is 7.27. The maximum Gasteiger partial charge on any atom is 0.254 e. The van der Waals surface area contributed by atoms with Crippen molar-refractivity contribution in [2.45, 2.75) is 51.5 Å². The lowest BCUT2D eigenvalue weighted by molar-refractivity contribution is -0.119. The lowest BCUT2D eigenvalue weighted by Gasteiger charge is -2.23. The lowest BCUT2D eigenvalue weighted by Crippen LogP contribution is -2.43. The first-order valence-corrected chi connectivity index (χ1v) is 12.1. The number of unbranched alkanes of at least 4 members (excludes halogenated alkanes) is 2. The maximum atomic E-state index is 13.1. The van der Waals surface area contributed by atoms with Crippen LogP contribution in [0.3, 0.4) is 0 Å². The summed E-state index contributed by atoms with van der Waals surface area (Å²) in [6.45, 7) is 2.78. The van der Waals surface area contributed by atoms with Crippen LogP contribution in [0, 0.1) is 0 Å². The summed E-state index contributed by atoms with van der Waals surface area (Å²) in [4.78, 5) is 27.7. The predicted molar refractivity (Wildman–Crippen MR) is 128 cm³/mol. The Hall–Kier alpha value is -3.06. The molecule has 2 aromatic carbocycles. The number of carbonyl (C=O) groups is 2. The molecule has 4 rings (SSSR count). The molecule has 1 aliphatic rings. The number of likely N-dealkylation sites (tertiary alicyclic amines) is 1. The molecule has 2 heterocycles. The van der Waals surface area contributed by atoms with Gasteiger partial charge in [0, 0.05) is 17.7 Å². The first-order valence-electron chi connectivity index (χ1n) is 11.3. The van der Waals surface area contributed by atoms with Gasteiger partial charge in [-0.2, -0.15) is 0 Å². The van der Waals surface area contributed by atoms with Crippen LogP contribution in [-0.2, 0) is 11.2 Å². The molecular formula is C25H28N4O2S. The second-order valence-electron chi connectivity index (χ2n) is 8.08. The number of benzene rings is 2. The number of rotatable bonds is 8. The van der Waals surface area contributed by atoms with Gasteiger partial charge in [0.2, 0.25) is 11.0 Å². The number of nitrogens with one attached hydrogen (secondary N) is 1. The lowest BCUT2D eigenvalue weighted by atomic mass is 10.0. The Morgan fingerprint density at radius 1 is 1.06 bits per heavy atom. The second kappa shape index (κ2) is 10.5. The minimum absolute atomic E-state index is 0.0926. The smallest absolute Gasteiger partial charge is 0.254 e. The molecule has 2 amide bonds. The van der Waals surface area contributed by atoms with Crippen LogP contribution in [0.5, 0.6) is 0 Å². The zero-order chi connectivity index (χ0) is 22.3. The number of aromatic nitrogens is 2. The molecule has 0 radical (unpaired) electrons. The number of aryl methyl sites for hydroxylation is 1. The fourth-order valence-corrected chi connectivity index (χ4v) is 4.75. The molecule has 1 saturated heterocycles. The third-order valence-electron chi connectivity index (χ3n) is 5.76. The predicted octanol–water partition coefficient (Wildman–Crippen LogP) is 5.18. The number of nitrogens with zero attached hydrogens (tertiary/aromatic N) is 3. The summed E-state index contributed by atoms with van der Waals surface area (Å²) in [5.74, 6) is -0.298. The third kappa shape index (κ3) is 5.22. The van der Waals surface area contributed by atoms with Gasteiger partial charge in [-0.15, -0.1) is 10.2 Å². The zero-order valence-corrected chi connectivity index (χ0v) is 19.1. The van der Waals surface area contributed by atoms with E-state index >= 15 is 0 Å². The van der Waals surface area contributed by atoms with Gasteiger partial charge in [-0.3, -0.25) is 14.9 Å². The number of amides is 2.